The number of hydrogen-bond donors (Lipinski definition) is 1. The highest BCUT2D eigenvalue weighted by Crippen LogP contribution is 2.48. The van der Waals surface area contributed by atoms with Crippen LogP contribution in [0.2, 0.25) is 0 Å². The minimum Gasteiger partial charge on any atom is -0.484 e. The summed E-state index contributed by atoms with van der Waals surface area (Å²) in [5.41, 5.74) is 1.27. The third-order valence-corrected chi connectivity index (χ3v) is 4.47. The highest BCUT2D eigenvalue weighted by molar-refractivity contribution is 7.53. The van der Waals surface area contributed by atoms with Gasteiger partial charge in [0.15, 0.2) is 0 Å². The van der Waals surface area contributed by atoms with E-state index in [0.717, 1.165) is 11.1 Å². The Balaban J connectivity index is 2.59. The van der Waals surface area contributed by atoms with Gasteiger partial charge in [-0.05, 0) is 45.8 Å². The number of aliphatic hydroxyl groups is 1. The van der Waals surface area contributed by atoms with Crippen LogP contribution in [0.4, 0.5) is 0 Å². The number of aliphatic hydroxyl groups excluding tert-OH is 1. The Bertz CT molecular complexity index is 461. The van der Waals surface area contributed by atoms with E-state index in [1.807, 2.05) is 13.8 Å². The van der Waals surface area contributed by atoms with Gasteiger partial charge < -0.3 is 18.9 Å². The first-order valence-corrected chi connectivity index (χ1v) is 8.56. The van der Waals surface area contributed by atoms with Gasteiger partial charge in [0.2, 0.25) is 0 Å². The third-order valence-electron chi connectivity index (χ3n) is 2.97. The molecule has 1 heterocycles. The van der Waals surface area contributed by atoms with Gasteiger partial charge in [-0.3, -0.25) is 4.57 Å². The summed E-state index contributed by atoms with van der Waals surface area (Å²) in [4.78, 5) is 0. The zero-order valence-electron chi connectivity index (χ0n) is 13.1. The summed E-state index contributed by atoms with van der Waals surface area (Å²) in [7, 11) is -3.21. The van der Waals surface area contributed by atoms with Crippen molar-refractivity contribution in [2.24, 2.45) is 0 Å². The Labute approximate surface area is 121 Å². The molecule has 1 unspecified atom stereocenters. The molecule has 0 spiro atoms. The van der Waals surface area contributed by atoms with Gasteiger partial charge in [-0.1, -0.05) is 6.58 Å². The molecule has 0 aromatic heterocycles. The zero-order chi connectivity index (χ0) is 15.7. The molecule has 0 aromatic carbocycles. The van der Waals surface area contributed by atoms with Crippen LogP contribution in [0, 0.1) is 0 Å². The van der Waals surface area contributed by atoms with E-state index in [1.54, 1.807) is 20.8 Å². The highest BCUT2D eigenvalue weighted by Gasteiger charge is 2.33. The second-order valence-electron chi connectivity index (χ2n) is 6.11. The molecule has 1 aliphatic rings. The van der Waals surface area contributed by atoms with E-state index in [-0.39, 0.29) is 6.61 Å². The fourth-order valence-electron chi connectivity index (χ4n) is 1.95. The molecule has 116 valence electrons. The lowest BCUT2D eigenvalue weighted by Gasteiger charge is -2.26. The summed E-state index contributed by atoms with van der Waals surface area (Å²) in [5, 5.41) is 10.1. The van der Waals surface area contributed by atoms with Crippen molar-refractivity contribution >= 4 is 7.60 Å². The monoisotopic (exact) mass is 304 g/mol. The first-order chi connectivity index (χ1) is 8.93. The van der Waals surface area contributed by atoms with Crippen molar-refractivity contribution in [3.05, 3.63) is 23.5 Å². The first kappa shape index (κ1) is 17.4. The lowest BCUT2D eigenvalue weighted by Crippen LogP contribution is -2.31. The van der Waals surface area contributed by atoms with E-state index in [0.29, 0.717) is 5.76 Å². The summed E-state index contributed by atoms with van der Waals surface area (Å²) in [5.74, 6) is 0.553. The van der Waals surface area contributed by atoms with Crippen molar-refractivity contribution < 1.29 is 23.5 Å². The van der Waals surface area contributed by atoms with Gasteiger partial charge in [0.05, 0.1) is 12.2 Å². The first-order valence-electron chi connectivity index (χ1n) is 6.57. The Hall–Kier alpha value is -0.610. The molecular formula is C14H25O5P. The van der Waals surface area contributed by atoms with Crippen molar-refractivity contribution in [2.45, 2.75) is 52.4 Å². The van der Waals surface area contributed by atoms with Gasteiger partial charge in [0.25, 0.3) is 0 Å². The van der Waals surface area contributed by atoms with Crippen LogP contribution in [0.15, 0.2) is 23.5 Å². The van der Waals surface area contributed by atoms with Crippen LogP contribution in [-0.2, 0) is 18.3 Å². The van der Waals surface area contributed by atoms with Crippen molar-refractivity contribution in [1.82, 2.24) is 0 Å². The average Bonchev–Trinajstić information content (AvgIpc) is 2.51. The molecule has 0 bridgehead atoms. The van der Waals surface area contributed by atoms with Crippen molar-refractivity contribution in [2.75, 3.05) is 13.3 Å². The van der Waals surface area contributed by atoms with Gasteiger partial charge in [0, 0.05) is 6.66 Å². The van der Waals surface area contributed by atoms with E-state index in [9.17, 15) is 9.67 Å². The molecule has 6 heteroatoms. The molecule has 1 rings (SSSR count). The van der Waals surface area contributed by atoms with Crippen LogP contribution in [0.3, 0.4) is 0 Å². The van der Waals surface area contributed by atoms with Crippen LogP contribution in [-0.4, -0.2) is 36.2 Å². The quantitative estimate of drug-likeness (QED) is 0.790. The largest absolute Gasteiger partial charge is 0.484 e. The normalized spacial score (nSPS) is 24.6. The summed E-state index contributed by atoms with van der Waals surface area (Å²) in [6, 6.07) is 0. The Kier molecular flexibility index (Phi) is 5.25. The van der Waals surface area contributed by atoms with Crippen LogP contribution >= 0.6 is 7.60 Å². The standard InChI is InChI=1S/C14H25O5P/c1-9-10(2)13(18-11(9)3)12(15)8-17-20(7,16)19-14(4,5)6/h12-13,15H,3,8H2,1-2,4-7H3/t12-,13-,20?/m0/s1. The van der Waals surface area contributed by atoms with E-state index >= 15 is 0 Å². The second kappa shape index (κ2) is 6.02. The van der Waals surface area contributed by atoms with Crippen LogP contribution in [0.1, 0.15) is 34.6 Å². The lowest BCUT2D eigenvalue weighted by atomic mass is 10.0. The summed E-state index contributed by atoms with van der Waals surface area (Å²) in [6.45, 7) is 14.2. The Morgan fingerprint density at radius 1 is 1.45 bits per heavy atom. The topological polar surface area (TPSA) is 65.0 Å². The van der Waals surface area contributed by atoms with Crippen molar-refractivity contribution in [3.8, 4) is 0 Å². The maximum absolute atomic E-state index is 12.1. The van der Waals surface area contributed by atoms with Gasteiger partial charge in [0.1, 0.15) is 18.0 Å². The van der Waals surface area contributed by atoms with Gasteiger partial charge in [-0.25, -0.2) is 0 Å². The molecule has 0 fully saturated rings. The Morgan fingerprint density at radius 2 is 2.00 bits per heavy atom. The molecular weight excluding hydrogens is 279 g/mol. The second-order valence-corrected chi connectivity index (χ2v) is 8.09. The van der Waals surface area contributed by atoms with Crippen LogP contribution < -0.4 is 0 Å². The number of ether oxygens (including phenoxy) is 1. The highest BCUT2D eigenvalue weighted by atomic mass is 31.2. The molecule has 0 saturated heterocycles. The molecule has 3 atom stereocenters. The third kappa shape index (κ3) is 4.74. The lowest BCUT2D eigenvalue weighted by molar-refractivity contribution is -0.00393. The molecule has 1 aliphatic heterocycles. The van der Waals surface area contributed by atoms with E-state index < -0.39 is 25.4 Å². The Morgan fingerprint density at radius 3 is 2.40 bits per heavy atom. The van der Waals surface area contributed by atoms with Crippen molar-refractivity contribution in [1.29, 1.82) is 0 Å². The fraction of sp³-hybridized carbons (Fsp3) is 0.714. The summed E-state index contributed by atoms with van der Waals surface area (Å²) >= 11 is 0. The van der Waals surface area contributed by atoms with Gasteiger partial charge in [-0.2, -0.15) is 0 Å². The molecule has 0 aromatic rings. The summed E-state index contributed by atoms with van der Waals surface area (Å²) in [6.07, 6.45) is -1.42. The van der Waals surface area contributed by atoms with Gasteiger partial charge in [-0.15, -0.1) is 0 Å². The fourth-order valence-corrected chi connectivity index (χ4v) is 3.42. The molecule has 1 N–H and O–H groups in total. The predicted molar refractivity (Wildman–Crippen MR) is 78.7 cm³/mol. The SMILES string of the molecule is C=C1O[C@H]([C@@H](O)COP(C)(=O)OC(C)(C)C)C(C)=C1C. The molecule has 5 nitrogen and oxygen atoms in total. The number of hydrogen-bond acceptors (Lipinski definition) is 5. The van der Waals surface area contributed by atoms with E-state index in [2.05, 4.69) is 6.58 Å². The number of allylic oxidation sites excluding steroid dienone is 1. The maximum Gasteiger partial charge on any atom is 0.328 e. The molecule has 0 radical (unpaired) electrons. The minimum atomic E-state index is -3.21. The van der Waals surface area contributed by atoms with Crippen molar-refractivity contribution in [3.63, 3.8) is 0 Å². The smallest absolute Gasteiger partial charge is 0.328 e. The van der Waals surface area contributed by atoms with E-state index in [1.165, 1.54) is 6.66 Å². The molecule has 0 saturated carbocycles. The van der Waals surface area contributed by atoms with Gasteiger partial charge >= 0.3 is 7.60 Å². The minimum absolute atomic E-state index is 0.119. The zero-order valence-corrected chi connectivity index (χ0v) is 14.0. The van der Waals surface area contributed by atoms with E-state index in [4.69, 9.17) is 13.8 Å². The molecule has 0 aliphatic carbocycles. The average molecular weight is 304 g/mol. The molecule has 0 amide bonds. The maximum atomic E-state index is 12.1. The van der Waals surface area contributed by atoms with Crippen LogP contribution in [0.5, 0.6) is 0 Å². The summed E-state index contributed by atoms with van der Waals surface area (Å²) < 4.78 is 28.2. The predicted octanol–water partition coefficient (Wildman–Crippen LogP) is 3.25. The number of rotatable bonds is 5. The molecule has 20 heavy (non-hydrogen) atoms. The van der Waals surface area contributed by atoms with Crippen LogP contribution in [0.25, 0.3) is 0 Å².